The average Bonchev–Trinajstić information content (AvgIpc) is 3.58. The fourth-order valence-corrected chi connectivity index (χ4v) is 6.72. The molecular formula is C28H29N7. The van der Waals surface area contributed by atoms with Crippen LogP contribution >= 0.6 is 0 Å². The first-order valence-electron chi connectivity index (χ1n) is 12.7. The number of hydrogen-bond acceptors (Lipinski definition) is 5. The van der Waals surface area contributed by atoms with Crippen LogP contribution in [0.1, 0.15) is 51.1 Å². The molecule has 7 rings (SSSR count). The maximum absolute atomic E-state index is 5.23. The Kier molecular flexibility index (Phi) is 4.74. The van der Waals surface area contributed by atoms with Gasteiger partial charge in [0.1, 0.15) is 5.69 Å². The predicted octanol–water partition coefficient (Wildman–Crippen LogP) is 5.45. The lowest BCUT2D eigenvalue weighted by Gasteiger charge is -2.41. The molecule has 5 aromatic rings. The number of fused-ring (bicyclic) bond motifs is 4. The summed E-state index contributed by atoms with van der Waals surface area (Å²) in [5.41, 5.74) is 7.31. The summed E-state index contributed by atoms with van der Waals surface area (Å²) in [4.78, 5) is 11.9. The molecule has 35 heavy (non-hydrogen) atoms. The molecule has 7 nitrogen and oxygen atoms in total. The van der Waals surface area contributed by atoms with Crippen LogP contribution in [0.25, 0.3) is 38.9 Å². The van der Waals surface area contributed by atoms with E-state index < -0.39 is 0 Å². The second-order valence-electron chi connectivity index (χ2n) is 10.3. The zero-order valence-electron chi connectivity index (χ0n) is 20.1. The molecule has 2 unspecified atom stereocenters. The third kappa shape index (κ3) is 3.22. The van der Waals surface area contributed by atoms with Crippen molar-refractivity contribution in [2.45, 2.75) is 63.6 Å². The van der Waals surface area contributed by atoms with Crippen molar-refractivity contribution in [2.75, 3.05) is 0 Å². The highest BCUT2D eigenvalue weighted by molar-refractivity contribution is 6.02. The molecule has 2 fully saturated rings. The second kappa shape index (κ2) is 7.99. The first kappa shape index (κ1) is 20.8. The molecule has 176 valence electrons. The Balaban J connectivity index is 1.43. The van der Waals surface area contributed by atoms with E-state index in [1.807, 2.05) is 36.9 Å². The van der Waals surface area contributed by atoms with Gasteiger partial charge in [-0.2, -0.15) is 10.2 Å². The molecule has 4 aromatic heterocycles. The minimum absolute atomic E-state index is 0.482. The third-order valence-corrected chi connectivity index (χ3v) is 8.06. The molecule has 0 amide bonds. The number of piperidine rings is 1. The van der Waals surface area contributed by atoms with Crippen LogP contribution in [0.3, 0.4) is 0 Å². The van der Waals surface area contributed by atoms with E-state index in [0.29, 0.717) is 24.0 Å². The second-order valence-corrected chi connectivity index (χ2v) is 10.3. The Morgan fingerprint density at radius 2 is 1.77 bits per heavy atom. The van der Waals surface area contributed by atoms with Crippen molar-refractivity contribution in [3.8, 4) is 22.4 Å². The van der Waals surface area contributed by atoms with E-state index in [4.69, 9.17) is 10.1 Å². The molecule has 1 aromatic carbocycles. The van der Waals surface area contributed by atoms with Gasteiger partial charge in [0.25, 0.3) is 0 Å². The van der Waals surface area contributed by atoms with Gasteiger partial charge in [-0.1, -0.05) is 12.1 Å². The fourth-order valence-electron chi connectivity index (χ4n) is 6.72. The van der Waals surface area contributed by atoms with Gasteiger partial charge in [-0.15, -0.1) is 0 Å². The normalized spacial score (nSPS) is 22.5. The van der Waals surface area contributed by atoms with Crippen molar-refractivity contribution in [3.63, 3.8) is 0 Å². The van der Waals surface area contributed by atoms with E-state index >= 15 is 0 Å². The Labute approximate surface area is 204 Å². The molecule has 2 atom stereocenters. The summed E-state index contributed by atoms with van der Waals surface area (Å²) in [5.74, 6) is 0.482. The highest BCUT2D eigenvalue weighted by atomic mass is 15.3. The van der Waals surface area contributed by atoms with E-state index in [1.165, 1.54) is 31.4 Å². The topological polar surface area (TPSA) is 75.0 Å². The summed E-state index contributed by atoms with van der Waals surface area (Å²) >= 11 is 0. The van der Waals surface area contributed by atoms with E-state index in [-0.39, 0.29) is 0 Å². The van der Waals surface area contributed by atoms with Crippen LogP contribution in [0, 0.1) is 0 Å². The van der Waals surface area contributed by atoms with Gasteiger partial charge in [-0.25, -0.2) is 9.50 Å². The summed E-state index contributed by atoms with van der Waals surface area (Å²) in [6, 6.07) is 14.5. The van der Waals surface area contributed by atoms with Crippen molar-refractivity contribution in [1.29, 1.82) is 0 Å². The highest BCUT2D eigenvalue weighted by Crippen LogP contribution is 2.45. The maximum Gasteiger partial charge on any atom is 0.163 e. The van der Waals surface area contributed by atoms with Gasteiger partial charge < -0.3 is 0 Å². The predicted molar refractivity (Wildman–Crippen MR) is 137 cm³/mol. The Morgan fingerprint density at radius 3 is 2.54 bits per heavy atom. The average molecular weight is 464 g/mol. The van der Waals surface area contributed by atoms with Gasteiger partial charge in [-0.05, 0) is 69.4 Å². The molecule has 6 heterocycles. The van der Waals surface area contributed by atoms with Crippen LogP contribution in [0.2, 0.25) is 0 Å². The minimum Gasteiger partial charge on any atom is -0.295 e. The van der Waals surface area contributed by atoms with Gasteiger partial charge >= 0.3 is 0 Å². The molecule has 2 aliphatic rings. The Morgan fingerprint density at radius 1 is 0.971 bits per heavy atom. The summed E-state index contributed by atoms with van der Waals surface area (Å²) in [6.45, 7) is 4.68. The van der Waals surface area contributed by atoms with Crippen LogP contribution < -0.4 is 0 Å². The lowest BCUT2D eigenvalue weighted by atomic mass is 9.87. The number of nitrogens with one attached hydrogen (secondary N) is 1. The van der Waals surface area contributed by atoms with Gasteiger partial charge in [0.05, 0.1) is 17.3 Å². The summed E-state index contributed by atoms with van der Waals surface area (Å²) in [6.07, 6.45) is 12.5. The van der Waals surface area contributed by atoms with Crippen LogP contribution in [0.5, 0.6) is 0 Å². The van der Waals surface area contributed by atoms with E-state index in [9.17, 15) is 0 Å². The molecule has 0 aliphatic carbocycles. The van der Waals surface area contributed by atoms with Crippen molar-refractivity contribution < 1.29 is 0 Å². The standard InChI is InChI=1S/C28H29N7/c1-17(2)34-20-6-7-21(34)15-19(14-20)25-10-13-30-28-26(22-4-3-5-24-23(22)16-31-32-24)27(33-35(25)28)18-8-11-29-12-9-18/h3-5,8-13,16-17,19-21H,6-7,14-15H2,1-2H3,(H,31,32). The molecule has 0 saturated carbocycles. The molecule has 1 N–H and O–H groups in total. The zero-order valence-corrected chi connectivity index (χ0v) is 20.1. The number of hydrogen-bond donors (Lipinski definition) is 1. The quantitative estimate of drug-likeness (QED) is 0.383. The van der Waals surface area contributed by atoms with E-state index in [2.05, 4.69) is 62.7 Å². The number of rotatable bonds is 4. The first-order valence-corrected chi connectivity index (χ1v) is 12.7. The minimum atomic E-state index is 0.482. The van der Waals surface area contributed by atoms with Gasteiger partial charge in [0, 0.05) is 59.3 Å². The third-order valence-electron chi connectivity index (χ3n) is 8.06. The molecule has 2 aliphatic heterocycles. The lowest BCUT2D eigenvalue weighted by Crippen LogP contribution is -2.46. The fraction of sp³-hybridized carbons (Fsp3) is 0.357. The number of nitrogens with zero attached hydrogens (tertiary/aromatic N) is 6. The number of pyridine rings is 1. The van der Waals surface area contributed by atoms with Crippen LogP contribution in [0.4, 0.5) is 0 Å². The molecule has 7 heteroatoms. The SMILES string of the molecule is CC(C)N1C2CCC1CC(c1ccnc3c(-c4cccc5[nH]ncc45)c(-c4ccncc4)nn13)C2. The molecular weight excluding hydrogens is 434 g/mol. The van der Waals surface area contributed by atoms with Gasteiger partial charge in [0.15, 0.2) is 5.65 Å². The number of aromatic nitrogens is 6. The number of benzene rings is 1. The summed E-state index contributed by atoms with van der Waals surface area (Å²) < 4.78 is 2.12. The van der Waals surface area contributed by atoms with Crippen molar-refractivity contribution >= 4 is 16.6 Å². The van der Waals surface area contributed by atoms with E-state index in [1.54, 1.807) is 0 Å². The van der Waals surface area contributed by atoms with Crippen molar-refractivity contribution in [3.05, 3.63) is 66.9 Å². The van der Waals surface area contributed by atoms with Crippen molar-refractivity contribution in [1.82, 2.24) is 34.7 Å². The van der Waals surface area contributed by atoms with Gasteiger partial charge in [0.2, 0.25) is 0 Å². The van der Waals surface area contributed by atoms with Gasteiger partial charge in [-0.3, -0.25) is 15.0 Å². The van der Waals surface area contributed by atoms with Crippen LogP contribution in [-0.4, -0.2) is 52.8 Å². The molecule has 2 saturated heterocycles. The zero-order chi connectivity index (χ0) is 23.5. The smallest absolute Gasteiger partial charge is 0.163 e. The van der Waals surface area contributed by atoms with Crippen LogP contribution in [-0.2, 0) is 0 Å². The number of H-pyrrole nitrogens is 1. The van der Waals surface area contributed by atoms with E-state index in [0.717, 1.165) is 38.9 Å². The maximum atomic E-state index is 5.23. The molecule has 0 radical (unpaired) electrons. The Bertz CT molecular complexity index is 1500. The molecule has 2 bridgehead atoms. The largest absolute Gasteiger partial charge is 0.295 e. The van der Waals surface area contributed by atoms with Crippen molar-refractivity contribution in [2.24, 2.45) is 0 Å². The highest BCUT2D eigenvalue weighted by Gasteiger charge is 2.42. The lowest BCUT2D eigenvalue weighted by molar-refractivity contribution is 0.0912. The van der Waals surface area contributed by atoms with Crippen LogP contribution in [0.15, 0.2) is 61.2 Å². The monoisotopic (exact) mass is 463 g/mol. The Hall–Kier alpha value is -3.58. The number of aromatic amines is 1. The molecule has 0 spiro atoms. The first-order chi connectivity index (χ1) is 17.2. The summed E-state index contributed by atoms with van der Waals surface area (Å²) in [5, 5.41) is 13.7. The summed E-state index contributed by atoms with van der Waals surface area (Å²) in [7, 11) is 0.